The molecule has 0 radical (unpaired) electrons. The molecule has 0 aromatic heterocycles. The van der Waals surface area contributed by atoms with E-state index in [2.05, 4.69) is 71.0 Å². The maximum absolute atomic E-state index is 14.3. The summed E-state index contributed by atoms with van der Waals surface area (Å²) in [7, 11) is 0. The Morgan fingerprint density at radius 3 is 2.41 bits per heavy atom. The fourth-order valence-electron chi connectivity index (χ4n) is 6.79. The Morgan fingerprint density at radius 1 is 0.892 bits per heavy atom. The van der Waals surface area contributed by atoms with Gasteiger partial charge in [-0.15, -0.1) is 0 Å². The Morgan fingerprint density at radius 2 is 1.62 bits per heavy atom. The van der Waals surface area contributed by atoms with E-state index in [4.69, 9.17) is 0 Å². The molecule has 3 aliphatic rings. The summed E-state index contributed by atoms with van der Waals surface area (Å²) >= 11 is 0. The molecule has 1 saturated heterocycles. The molecule has 1 saturated carbocycles. The standard InChI is InChI=1S/C32H35N3O2/c1-21-16-17-28-26(20-21)30-25(29(33-28)22-10-4-2-5-11-22)18-19-35(30)32(37)24-14-8-9-15-27(24)34-31(36)23-12-6-3-7-13-23/h2-7,10-13,16-17,20,24-25,27,29-30,33H,8-9,14-15,18-19H2,1H3,(H,34,36)/t24-,25+,27+,29-,30+/m0/s1. The Bertz CT molecular complexity index is 1280. The molecule has 3 aromatic carbocycles. The van der Waals surface area contributed by atoms with Crippen molar-refractivity contribution in [2.75, 3.05) is 11.9 Å². The molecule has 37 heavy (non-hydrogen) atoms. The molecule has 6 rings (SSSR count). The van der Waals surface area contributed by atoms with Crippen molar-refractivity contribution in [3.63, 3.8) is 0 Å². The van der Waals surface area contributed by atoms with Gasteiger partial charge in [0.2, 0.25) is 5.91 Å². The van der Waals surface area contributed by atoms with Crippen molar-refractivity contribution in [3.05, 3.63) is 101 Å². The number of carbonyl (C=O) groups is 2. The molecule has 2 heterocycles. The summed E-state index contributed by atoms with van der Waals surface area (Å²) in [5.41, 5.74) is 5.47. The van der Waals surface area contributed by atoms with Gasteiger partial charge in [0.15, 0.2) is 0 Å². The first-order valence-electron chi connectivity index (χ1n) is 13.7. The zero-order valence-electron chi connectivity index (χ0n) is 21.4. The van der Waals surface area contributed by atoms with Crippen LogP contribution in [0.5, 0.6) is 0 Å². The molecular formula is C32H35N3O2. The van der Waals surface area contributed by atoms with Gasteiger partial charge in [0.05, 0.1) is 18.0 Å². The lowest BCUT2D eigenvalue weighted by Gasteiger charge is -2.42. The third-order valence-corrected chi connectivity index (χ3v) is 8.59. The van der Waals surface area contributed by atoms with E-state index in [9.17, 15) is 9.59 Å². The minimum absolute atomic E-state index is 0.0428. The maximum atomic E-state index is 14.3. The van der Waals surface area contributed by atoms with Crippen LogP contribution in [-0.4, -0.2) is 29.3 Å². The molecule has 5 nitrogen and oxygen atoms in total. The molecule has 0 unspecified atom stereocenters. The Balaban J connectivity index is 1.30. The Kier molecular flexibility index (Phi) is 6.45. The highest BCUT2D eigenvalue weighted by atomic mass is 16.2. The fourth-order valence-corrected chi connectivity index (χ4v) is 6.79. The third kappa shape index (κ3) is 4.52. The van der Waals surface area contributed by atoms with Crippen molar-refractivity contribution in [2.24, 2.45) is 11.8 Å². The van der Waals surface area contributed by atoms with E-state index in [1.54, 1.807) is 0 Å². The zero-order chi connectivity index (χ0) is 25.4. The number of nitrogens with one attached hydrogen (secondary N) is 2. The number of fused-ring (bicyclic) bond motifs is 3. The lowest BCUT2D eigenvalue weighted by molar-refractivity contribution is -0.138. The number of rotatable bonds is 4. The van der Waals surface area contributed by atoms with E-state index >= 15 is 0 Å². The number of benzene rings is 3. The average molecular weight is 494 g/mol. The van der Waals surface area contributed by atoms with Gasteiger partial charge in [-0.25, -0.2) is 0 Å². The van der Waals surface area contributed by atoms with Crippen LogP contribution in [0.3, 0.4) is 0 Å². The molecule has 1 aliphatic carbocycles. The van der Waals surface area contributed by atoms with Gasteiger partial charge in [-0.05, 0) is 55.5 Å². The lowest BCUT2D eigenvalue weighted by Crippen LogP contribution is -2.50. The predicted molar refractivity (Wildman–Crippen MR) is 146 cm³/mol. The van der Waals surface area contributed by atoms with E-state index < -0.39 is 0 Å². The largest absolute Gasteiger partial charge is 0.378 e. The molecule has 3 aromatic rings. The lowest BCUT2D eigenvalue weighted by atomic mass is 9.79. The molecule has 2 amide bonds. The van der Waals surface area contributed by atoms with Crippen LogP contribution in [-0.2, 0) is 4.79 Å². The number of likely N-dealkylation sites (tertiary alicyclic amines) is 1. The van der Waals surface area contributed by atoms with E-state index in [0.29, 0.717) is 11.5 Å². The highest BCUT2D eigenvalue weighted by Crippen LogP contribution is 2.52. The second-order valence-corrected chi connectivity index (χ2v) is 10.9. The first kappa shape index (κ1) is 23.8. The first-order chi connectivity index (χ1) is 18.1. The third-order valence-electron chi connectivity index (χ3n) is 8.59. The number of nitrogens with zero attached hydrogens (tertiary/aromatic N) is 1. The highest BCUT2D eigenvalue weighted by molar-refractivity contribution is 5.95. The van der Waals surface area contributed by atoms with Crippen LogP contribution in [0, 0.1) is 18.8 Å². The fraction of sp³-hybridized carbons (Fsp3) is 0.375. The van der Waals surface area contributed by atoms with Gasteiger partial charge in [-0.1, -0.05) is 79.1 Å². The van der Waals surface area contributed by atoms with Crippen LogP contribution in [0.25, 0.3) is 0 Å². The Hall–Kier alpha value is -3.60. The summed E-state index contributed by atoms with van der Waals surface area (Å²) in [6.45, 7) is 2.87. The second-order valence-electron chi connectivity index (χ2n) is 10.9. The summed E-state index contributed by atoms with van der Waals surface area (Å²) < 4.78 is 0. The van der Waals surface area contributed by atoms with Crippen LogP contribution < -0.4 is 10.6 Å². The van der Waals surface area contributed by atoms with Gasteiger partial charge in [-0.2, -0.15) is 0 Å². The Labute approximate surface area is 219 Å². The maximum Gasteiger partial charge on any atom is 0.251 e. The SMILES string of the molecule is Cc1ccc2c(c1)[C@H]1[C@H](CCN1C(=O)[C@H]1CCCC[C@H]1NC(=O)c1ccccc1)[C@H](c1ccccc1)N2. The van der Waals surface area contributed by atoms with Gasteiger partial charge in [0.25, 0.3) is 5.91 Å². The quantitative estimate of drug-likeness (QED) is 0.466. The number of aryl methyl sites for hydroxylation is 1. The van der Waals surface area contributed by atoms with Crippen LogP contribution in [0.1, 0.15) is 71.2 Å². The highest BCUT2D eigenvalue weighted by Gasteiger charge is 2.48. The molecule has 5 atom stereocenters. The number of anilines is 1. The van der Waals surface area contributed by atoms with Crippen molar-refractivity contribution in [1.29, 1.82) is 0 Å². The number of hydrogen-bond donors (Lipinski definition) is 2. The molecule has 2 N–H and O–H groups in total. The minimum atomic E-state index is -0.182. The van der Waals surface area contributed by atoms with Gasteiger partial charge in [0.1, 0.15) is 0 Å². The number of carbonyl (C=O) groups excluding carboxylic acids is 2. The predicted octanol–water partition coefficient (Wildman–Crippen LogP) is 6.04. The molecule has 5 heteroatoms. The average Bonchev–Trinajstić information content (AvgIpc) is 3.39. The monoisotopic (exact) mass is 493 g/mol. The smallest absolute Gasteiger partial charge is 0.251 e. The van der Waals surface area contributed by atoms with Crippen molar-refractivity contribution in [1.82, 2.24) is 10.2 Å². The van der Waals surface area contributed by atoms with Gasteiger partial charge in [0, 0.05) is 29.8 Å². The topological polar surface area (TPSA) is 61.4 Å². The first-order valence-corrected chi connectivity index (χ1v) is 13.7. The molecule has 0 bridgehead atoms. The zero-order valence-corrected chi connectivity index (χ0v) is 21.4. The van der Waals surface area contributed by atoms with Crippen molar-refractivity contribution < 1.29 is 9.59 Å². The number of amides is 2. The van der Waals surface area contributed by atoms with E-state index in [1.165, 1.54) is 16.7 Å². The summed E-state index contributed by atoms with van der Waals surface area (Å²) in [4.78, 5) is 29.4. The summed E-state index contributed by atoms with van der Waals surface area (Å²) in [5.74, 6) is 0.239. The normalized spacial score (nSPS) is 26.5. The summed E-state index contributed by atoms with van der Waals surface area (Å²) in [6, 6.07) is 26.6. The molecular weight excluding hydrogens is 458 g/mol. The van der Waals surface area contributed by atoms with E-state index in [-0.39, 0.29) is 35.9 Å². The van der Waals surface area contributed by atoms with Gasteiger partial charge >= 0.3 is 0 Å². The van der Waals surface area contributed by atoms with Crippen molar-refractivity contribution in [2.45, 2.75) is 57.2 Å². The molecule has 2 fully saturated rings. The van der Waals surface area contributed by atoms with Crippen molar-refractivity contribution in [3.8, 4) is 0 Å². The minimum Gasteiger partial charge on any atom is -0.378 e. The summed E-state index contributed by atoms with van der Waals surface area (Å²) in [5, 5.41) is 7.03. The van der Waals surface area contributed by atoms with Crippen LogP contribution >= 0.6 is 0 Å². The van der Waals surface area contributed by atoms with E-state index in [0.717, 1.165) is 44.3 Å². The van der Waals surface area contributed by atoms with Gasteiger partial charge in [-0.3, -0.25) is 9.59 Å². The summed E-state index contributed by atoms with van der Waals surface area (Å²) in [6.07, 6.45) is 4.70. The molecule has 2 aliphatic heterocycles. The van der Waals surface area contributed by atoms with Gasteiger partial charge < -0.3 is 15.5 Å². The molecule has 0 spiro atoms. The van der Waals surface area contributed by atoms with Crippen LogP contribution in [0.2, 0.25) is 0 Å². The van der Waals surface area contributed by atoms with Crippen LogP contribution in [0.4, 0.5) is 5.69 Å². The second kappa shape index (κ2) is 10.0. The van der Waals surface area contributed by atoms with E-state index in [1.807, 2.05) is 30.3 Å². The van der Waals surface area contributed by atoms with Crippen molar-refractivity contribution >= 4 is 17.5 Å². The van der Waals surface area contributed by atoms with Crippen LogP contribution in [0.15, 0.2) is 78.9 Å². The number of hydrogen-bond acceptors (Lipinski definition) is 3. The molecule has 190 valence electrons.